The Kier molecular flexibility index (Phi) is 11.3. The summed E-state index contributed by atoms with van der Waals surface area (Å²) in [6.07, 6.45) is 2.58. The lowest BCUT2D eigenvalue weighted by molar-refractivity contribution is 0.607. The van der Waals surface area contributed by atoms with Crippen LogP contribution in [0.4, 0.5) is 4.39 Å². The molecule has 114 valence electrons. The topological polar surface area (TPSA) is 36.4 Å². The van der Waals surface area contributed by atoms with Gasteiger partial charge in [0.25, 0.3) is 0 Å². The summed E-state index contributed by atoms with van der Waals surface area (Å²) in [5.74, 6) is 1.47. The molecular weight excluding hydrogens is 412 g/mol. The highest BCUT2D eigenvalue weighted by molar-refractivity contribution is 14.0. The van der Waals surface area contributed by atoms with Crippen molar-refractivity contribution in [2.75, 3.05) is 32.1 Å². The summed E-state index contributed by atoms with van der Waals surface area (Å²) in [7, 11) is 1.71. The fourth-order valence-corrected chi connectivity index (χ4v) is 2.13. The standard InChI is InChI=1S/C13H19ClFN3S.HI/c1-16-13(18-8-9-19-2)17-7-6-10-11(14)4-3-5-12(10)15;/h3-5H,6-9H2,1-2H3,(H2,16,17,18);1H. The molecule has 0 amide bonds. The van der Waals surface area contributed by atoms with Crippen LogP contribution in [0.3, 0.4) is 0 Å². The second-order valence-corrected chi connectivity index (χ2v) is 5.26. The third-order valence-corrected chi connectivity index (χ3v) is 3.52. The summed E-state index contributed by atoms with van der Waals surface area (Å²) in [5.41, 5.74) is 0.538. The van der Waals surface area contributed by atoms with Gasteiger partial charge in [0.15, 0.2) is 5.96 Å². The minimum Gasteiger partial charge on any atom is -0.356 e. The average Bonchev–Trinajstić information content (AvgIpc) is 2.40. The number of nitrogens with zero attached hydrogens (tertiary/aromatic N) is 1. The van der Waals surface area contributed by atoms with Crippen molar-refractivity contribution >= 4 is 53.3 Å². The van der Waals surface area contributed by atoms with Crippen LogP contribution in [0.5, 0.6) is 0 Å². The SMILES string of the molecule is CN=C(NCCSC)NCCc1c(F)cccc1Cl.I. The number of rotatable bonds is 6. The Morgan fingerprint density at radius 3 is 2.65 bits per heavy atom. The number of hydrogen-bond donors (Lipinski definition) is 2. The van der Waals surface area contributed by atoms with Crippen LogP contribution in [-0.4, -0.2) is 38.1 Å². The number of aliphatic imine (C=N–C) groups is 1. The average molecular weight is 432 g/mol. The first-order valence-corrected chi connectivity index (χ1v) is 7.82. The van der Waals surface area contributed by atoms with Crippen LogP contribution in [0.15, 0.2) is 23.2 Å². The summed E-state index contributed by atoms with van der Waals surface area (Å²) < 4.78 is 13.5. The predicted octanol–water partition coefficient (Wildman–Crippen LogP) is 3.17. The summed E-state index contributed by atoms with van der Waals surface area (Å²) >= 11 is 7.73. The fraction of sp³-hybridized carbons (Fsp3) is 0.462. The minimum atomic E-state index is -0.264. The van der Waals surface area contributed by atoms with Crippen molar-refractivity contribution in [1.82, 2.24) is 10.6 Å². The number of halogens is 3. The Balaban J connectivity index is 0.00000361. The van der Waals surface area contributed by atoms with Gasteiger partial charge in [-0.15, -0.1) is 24.0 Å². The van der Waals surface area contributed by atoms with Gasteiger partial charge in [-0.05, 0) is 24.8 Å². The normalized spacial score (nSPS) is 10.9. The maximum atomic E-state index is 13.5. The van der Waals surface area contributed by atoms with E-state index in [-0.39, 0.29) is 29.8 Å². The Bertz CT molecular complexity index is 412. The van der Waals surface area contributed by atoms with Gasteiger partial charge in [0, 0.05) is 36.5 Å². The van der Waals surface area contributed by atoms with Crippen molar-refractivity contribution in [3.63, 3.8) is 0 Å². The lowest BCUT2D eigenvalue weighted by atomic mass is 10.1. The number of nitrogens with one attached hydrogen (secondary N) is 2. The smallest absolute Gasteiger partial charge is 0.191 e. The maximum absolute atomic E-state index is 13.5. The van der Waals surface area contributed by atoms with E-state index in [9.17, 15) is 4.39 Å². The molecule has 0 aliphatic carbocycles. The molecule has 0 heterocycles. The molecule has 0 aromatic heterocycles. The third-order valence-electron chi connectivity index (χ3n) is 2.55. The van der Waals surface area contributed by atoms with E-state index in [1.165, 1.54) is 6.07 Å². The van der Waals surface area contributed by atoms with Crippen molar-refractivity contribution in [1.29, 1.82) is 0 Å². The first-order chi connectivity index (χ1) is 9.19. The number of guanidine groups is 1. The molecule has 2 N–H and O–H groups in total. The summed E-state index contributed by atoms with van der Waals surface area (Å²) in [5, 5.41) is 6.78. The van der Waals surface area contributed by atoms with E-state index in [4.69, 9.17) is 11.6 Å². The predicted molar refractivity (Wildman–Crippen MR) is 98.3 cm³/mol. The number of hydrogen-bond acceptors (Lipinski definition) is 2. The van der Waals surface area contributed by atoms with Gasteiger partial charge in [-0.25, -0.2) is 4.39 Å². The zero-order valence-electron chi connectivity index (χ0n) is 11.6. The Labute approximate surface area is 146 Å². The minimum absolute atomic E-state index is 0. The molecule has 20 heavy (non-hydrogen) atoms. The molecule has 0 aliphatic heterocycles. The summed E-state index contributed by atoms with van der Waals surface area (Å²) in [4.78, 5) is 4.09. The molecule has 1 rings (SSSR count). The van der Waals surface area contributed by atoms with Crippen molar-refractivity contribution in [2.24, 2.45) is 4.99 Å². The fourth-order valence-electron chi connectivity index (χ4n) is 1.57. The molecule has 0 atom stereocenters. The van der Waals surface area contributed by atoms with E-state index in [0.717, 1.165) is 18.3 Å². The second-order valence-electron chi connectivity index (χ2n) is 3.87. The molecule has 0 unspecified atom stereocenters. The molecule has 7 heteroatoms. The van der Waals surface area contributed by atoms with Crippen molar-refractivity contribution in [3.8, 4) is 0 Å². The molecule has 0 saturated heterocycles. The van der Waals surface area contributed by atoms with Gasteiger partial charge in [-0.3, -0.25) is 4.99 Å². The Morgan fingerprint density at radius 2 is 2.05 bits per heavy atom. The second kappa shape index (κ2) is 11.4. The van der Waals surface area contributed by atoms with Crippen LogP contribution >= 0.6 is 47.3 Å². The lowest BCUT2D eigenvalue weighted by Crippen LogP contribution is -2.39. The van der Waals surface area contributed by atoms with Crippen LogP contribution in [0.25, 0.3) is 0 Å². The molecule has 1 aromatic carbocycles. The molecule has 1 aromatic rings. The number of thioether (sulfide) groups is 1. The van der Waals surface area contributed by atoms with E-state index in [1.807, 2.05) is 0 Å². The van der Waals surface area contributed by atoms with E-state index in [1.54, 1.807) is 30.9 Å². The quantitative estimate of drug-likeness (QED) is 0.314. The highest BCUT2D eigenvalue weighted by atomic mass is 127. The zero-order chi connectivity index (χ0) is 14.1. The lowest BCUT2D eigenvalue weighted by Gasteiger charge is -2.12. The van der Waals surface area contributed by atoms with Crippen molar-refractivity contribution in [2.45, 2.75) is 6.42 Å². The van der Waals surface area contributed by atoms with Gasteiger partial charge in [0.1, 0.15) is 5.82 Å². The third kappa shape index (κ3) is 6.99. The zero-order valence-corrected chi connectivity index (χ0v) is 15.5. The van der Waals surface area contributed by atoms with E-state index >= 15 is 0 Å². The molecule has 0 aliphatic rings. The Morgan fingerprint density at radius 1 is 1.35 bits per heavy atom. The first kappa shape index (κ1) is 19.8. The van der Waals surface area contributed by atoms with Crippen molar-refractivity contribution in [3.05, 3.63) is 34.6 Å². The highest BCUT2D eigenvalue weighted by Crippen LogP contribution is 2.18. The molecular formula is C13H20ClFIN3S. The van der Waals surface area contributed by atoms with Gasteiger partial charge >= 0.3 is 0 Å². The van der Waals surface area contributed by atoms with E-state index in [2.05, 4.69) is 21.9 Å². The highest BCUT2D eigenvalue weighted by Gasteiger charge is 2.06. The maximum Gasteiger partial charge on any atom is 0.191 e. The van der Waals surface area contributed by atoms with Crippen LogP contribution < -0.4 is 10.6 Å². The van der Waals surface area contributed by atoms with E-state index in [0.29, 0.717) is 23.6 Å². The largest absolute Gasteiger partial charge is 0.356 e. The molecule has 3 nitrogen and oxygen atoms in total. The molecule has 0 saturated carbocycles. The van der Waals surface area contributed by atoms with E-state index < -0.39 is 0 Å². The van der Waals surface area contributed by atoms with Crippen LogP contribution in [-0.2, 0) is 6.42 Å². The summed E-state index contributed by atoms with van der Waals surface area (Å²) in [6.45, 7) is 1.43. The Hall–Kier alpha value is -0.210. The van der Waals surface area contributed by atoms with Crippen LogP contribution in [0, 0.1) is 5.82 Å². The first-order valence-electron chi connectivity index (χ1n) is 6.05. The molecule has 0 fully saturated rings. The van der Waals surface area contributed by atoms with Gasteiger partial charge < -0.3 is 10.6 Å². The van der Waals surface area contributed by atoms with Gasteiger partial charge in [-0.2, -0.15) is 11.8 Å². The summed E-state index contributed by atoms with van der Waals surface area (Å²) in [6, 6.07) is 4.73. The van der Waals surface area contributed by atoms with Crippen LogP contribution in [0.1, 0.15) is 5.56 Å². The molecule has 0 radical (unpaired) electrons. The van der Waals surface area contributed by atoms with Gasteiger partial charge in [0.2, 0.25) is 0 Å². The molecule has 0 spiro atoms. The molecule has 0 bridgehead atoms. The van der Waals surface area contributed by atoms with Gasteiger partial charge in [0.05, 0.1) is 0 Å². The monoisotopic (exact) mass is 431 g/mol. The number of benzene rings is 1. The van der Waals surface area contributed by atoms with Crippen LogP contribution in [0.2, 0.25) is 5.02 Å². The van der Waals surface area contributed by atoms with Gasteiger partial charge in [-0.1, -0.05) is 17.7 Å². The van der Waals surface area contributed by atoms with Crippen molar-refractivity contribution < 1.29 is 4.39 Å².